The van der Waals surface area contributed by atoms with Gasteiger partial charge in [-0.2, -0.15) is 0 Å². The minimum atomic E-state index is -0.371. The summed E-state index contributed by atoms with van der Waals surface area (Å²) in [4.78, 5) is 16.7. The fourth-order valence-corrected chi connectivity index (χ4v) is 2.99. The highest BCUT2D eigenvalue weighted by Gasteiger charge is 2.22. The van der Waals surface area contributed by atoms with Crippen LogP contribution in [0.4, 0.5) is 0 Å². The molecule has 1 aromatic heterocycles. The van der Waals surface area contributed by atoms with Crippen molar-refractivity contribution in [3.63, 3.8) is 0 Å². The summed E-state index contributed by atoms with van der Waals surface area (Å²) in [5.74, 6) is -0.371. The molecule has 0 spiro atoms. The Labute approximate surface area is 121 Å². The van der Waals surface area contributed by atoms with Crippen LogP contribution in [0.2, 0.25) is 4.47 Å². The number of carbonyl (C=O) groups is 1. The van der Waals surface area contributed by atoms with Gasteiger partial charge in [0.1, 0.15) is 4.88 Å². The number of benzene rings is 1. The fourth-order valence-electron chi connectivity index (χ4n) is 1.99. The molecule has 0 saturated carbocycles. The molecule has 0 unspecified atom stereocenters. The maximum Gasteiger partial charge on any atom is 0.350 e. The average Bonchev–Trinajstić information content (AvgIpc) is 2.71. The van der Waals surface area contributed by atoms with Crippen LogP contribution < -0.4 is 0 Å². The summed E-state index contributed by atoms with van der Waals surface area (Å²) in [5, 5.41) is 0. The SMILES string of the molecule is CCOC(=O)c1sc(Cl)nc1-c1c(C)cccc1C. The lowest BCUT2D eigenvalue weighted by molar-refractivity contribution is 0.0532. The molecule has 2 rings (SSSR count). The van der Waals surface area contributed by atoms with E-state index in [9.17, 15) is 4.79 Å². The zero-order chi connectivity index (χ0) is 14.0. The van der Waals surface area contributed by atoms with E-state index in [0.717, 1.165) is 28.0 Å². The summed E-state index contributed by atoms with van der Waals surface area (Å²) in [7, 11) is 0. The molecule has 1 aromatic carbocycles. The van der Waals surface area contributed by atoms with Crippen LogP contribution in [0.3, 0.4) is 0 Å². The van der Waals surface area contributed by atoms with Crippen molar-refractivity contribution < 1.29 is 9.53 Å². The number of nitrogens with zero attached hydrogens (tertiary/aromatic N) is 1. The van der Waals surface area contributed by atoms with Crippen molar-refractivity contribution >= 4 is 28.9 Å². The summed E-state index contributed by atoms with van der Waals surface area (Å²) in [6, 6.07) is 5.96. The van der Waals surface area contributed by atoms with Crippen molar-refractivity contribution in [1.82, 2.24) is 4.98 Å². The van der Waals surface area contributed by atoms with E-state index in [1.54, 1.807) is 6.92 Å². The zero-order valence-electron chi connectivity index (χ0n) is 11.0. The number of aromatic nitrogens is 1. The Hall–Kier alpha value is -1.39. The van der Waals surface area contributed by atoms with Gasteiger partial charge >= 0.3 is 5.97 Å². The Morgan fingerprint density at radius 2 is 2.00 bits per heavy atom. The number of aryl methyl sites for hydroxylation is 2. The summed E-state index contributed by atoms with van der Waals surface area (Å²) in [6.07, 6.45) is 0. The van der Waals surface area contributed by atoms with Gasteiger partial charge in [-0.25, -0.2) is 9.78 Å². The molecule has 5 heteroatoms. The monoisotopic (exact) mass is 295 g/mol. The third kappa shape index (κ3) is 2.80. The smallest absolute Gasteiger partial charge is 0.350 e. The van der Waals surface area contributed by atoms with Crippen LogP contribution in [-0.4, -0.2) is 17.6 Å². The molecule has 0 amide bonds. The second-order valence-corrected chi connectivity index (χ2v) is 5.71. The summed E-state index contributed by atoms with van der Waals surface area (Å²) in [5.41, 5.74) is 3.69. The second kappa shape index (κ2) is 5.72. The number of hydrogen-bond donors (Lipinski definition) is 0. The van der Waals surface area contributed by atoms with Gasteiger partial charge in [-0.05, 0) is 31.9 Å². The highest BCUT2D eigenvalue weighted by molar-refractivity contribution is 7.17. The molecule has 0 bridgehead atoms. The van der Waals surface area contributed by atoms with Gasteiger partial charge in [0.05, 0.1) is 12.3 Å². The van der Waals surface area contributed by atoms with E-state index in [2.05, 4.69) is 4.98 Å². The van der Waals surface area contributed by atoms with Gasteiger partial charge in [-0.1, -0.05) is 41.1 Å². The molecule has 0 aliphatic heterocycles. The highest BCUT2D eigenvalue weighted by atomic mass is 35.5. The molecule has 0 atom stereocenters. The molecule has 0 N–H and O–H groups in total. The van der Waals surface area contributed by atoms with Crippen LogP contribution in [0.15, 0.2) is 18.2 Å². The Balaban J connectivity index is 2.60. The minimum absolute atomic E-state index is 0.334. The maximum absolute atomic E-state index is 12.0. The Morgan fingerprint density at radius 3 is 2.58 bits per heavy atom. The predicted octanol–water partition coefficient (Wildman–Crippen LogP) is 4.26. The molecule has 0 fully saturated rings. The van der Waals surface area contributed by atoms with Gasteiger partial charge in [-0.15, -0.1) is 0 Å². The molecular weight excluding hydrogens is 282 g/mol. The van der Waals surface area contributed by atoms with E-state index < -0.39 is 0 Å². The molecule has 3 nitrogen and oxygen atoms in total. The molecule has 0 aliphatic carbocycles. The van der Waals surface area contributed by atoms with Crippen molar-refractivity contribution in [2.45, 2.75) is 20.8 Å². The number of halogens is 1. The fraction of sp³-hybridized carbons (Fsp3) is 0.286. The summed E-state index contributed by atoms with van der Waals surface area (Å²) in [6.45, 7) is 6.09. The number of rotatable bonds is 3. The third-order valence-corrected chi connectivity index (χ3v) is 3.92. The minimum Gasteiger partial charge on any atom is -0.462 e. The van der Waals surface area contributed by atoms with Crippen LogP contribution in [0.1, 0.15) is 27.7 Å². The van der Waals surface area contributed by atoms with Gasteiger partial charge in [-0.3, -0.25) is 0 Å². The van der Waals surface area contributed by atoms with E-state index in [1.165, 1.54) is 0 Å². The summed E-state index contributed by atoms with van der Waals surface area (Å²) < 4.78 is 5.40. The largest absolute Gasteiger partial charge is 0.462 e. The predicted molar refractivity (Wildman–Crippen MR) is 78.0 cm³/mol. The molecule has 100 valence electrons. The van der Waals surface area contributed by atoms with E-state index in [-0.39, 0.29) is 5.97 Å². The van der Waals surface area contributed by atoms with Crippen LogP contribution in [0.5, 0.6) is 0 Å². The molecule has 0 aliphatic rings. The normalized spacial score (nSPS) is 10.5. The molecule has 19 heavy (non-hydrogen) atoms. The molecular formula is C14H14ClNO2S. The molecule has 0 radical (unpaired) electrons. The molecule has 2 aromatic rings. The van der Waals surface area contributed by atoms with Crippen molar-refractivity contribution in [2.75, 3.05) is 6.61 Å². The van der Waals surface area contributed by atoms with E-state index in [0.29, 0.717) is 21.6 Å². The van der Waals surface area contributed by atoms with Crippen molar-refractivity contribution in [3.8, 4) is 11.3 Å². The quantitative estimate of drug-likeness (QED) is 0.794. The first-order valence-corrected chi connectivity index (χ1v) is 7.14. The molecule has 1 heterocycles. The Morgan fingerprint density at radius 1 is 1.37 bits per heavy atom. The number of carbonyl (C=O) groups excluding carboxylic acids is 1. The van der Waals surface area contributed by atoms with Crippen LogP contribution in [-0.2, 0) is 4.74 Å². The van der Waals surface area contributed by atoms with Crippen LogP contribution >= 0.6 is 22.9 Å². The van der Waals surface area contributed by atoms with Gasteiger partial charge in [0.15, 0.2) is 4.47 Å². The third-order valence-electron chi connectivity index (χ3n) is 2.78. The lowest BCUT2D eigenvalue weighted by Gasteiger charge is -2.08. The number of esters is 1. The van der Waals surface area contributed by atoms with Crippen molar-refractivity contribution in [2.24, 2.45) is 0 Å². The average molecular weight is 296 g/mol. The van der Waals surface area contributed by atoms with Gasteiger partial charge in [0, 0.05) is 5.56 Å². The number of thiazole rings is 1. The zero-order valence-corrected chi connectivity index (χ0v) is 12.6. The van der Waals surface area contributed by atoms with Gasteiger partial charge in [0.25, 0.3) is 0 Å². The van der Waals surface area contributed by atoms with E-state index in [4.69, 9.17) is 16.3 Å². The Bertz CT molecular complexity index is 602. The molecule has 0 saturated heterocycles. The number of ether oxygens (including phenoxy) is 1. The van der Waals surface area contributed by atoms with Gasteiger partial charge < -0.3 is 4.74 Å². The topological polar surface area (TPSA) is 39.2 Å². The standard InChI is InChI=1S/C14H14ClNO2S/c1-4-18-13(17)12-11(16-14(15)19-12)10-8(2)6-5-7-9(10)3/h5-7H,4H2,1-3H3. The summed E-state index contributed by atoms with van der Waals surface area (Å²) >= 11 is 7.12. The van der Waals surface area contributed by atoms with Crippen LogP contribution in [0, 0.1) is 13.8 Å². The van der Waals surface area contributed by atoms with Crippen molar-refractivity contribution in [3.05, 3.63) is 38.7 Å². The first kappa shape index (κ1) is 14.0. The Kier molecular flexibility index (Phi) is 4.22. The van der Waals surface area contributed by atoms with E-state index >= 15 is 0 Å². The van der Waals surface area contributed by atoms with Crippen LogP contribution in [0.25, 0.3) is 11.3 Å². The van der Waals surface area contributed by atoms with Gasteiger partial charge in [0.2, 0.25) is 0 Å². The first-order valence-electron chi connectivity index (χ1n) is 5.94. The first-order chi connectivity index (χ1) is 9.04. The number of hydrogen-bond acceptors (Lipinski definition) is 4. The van der Waals surface area contributed by atoms with Crippen molar-refractivity contribution in [1.29, 1.82) is 0 Å². The lowest BCUT2D eigenvalue weighted by Crippen LogP contribution is -2.04. The maximum atomic E-state index is 12.0. The lowest BCUT2D eigenvalue weighted by atomic mass is 9.99. The van der Waals surface area contributed by atoms with E-state index in [1.807, 2.05) is 32.0 Å². The second-order valence-electron chi connectivity index (χ2n) is 4.13. The highest BCUT2D eigenvalue weighted by Crippen LogP contribution is 2.35.